The van der Waals surface area contributed by atoms with Crippen LogP contribution in [0, 0.1) is 6.92 Å². The normalized spacial score (nSPS) is 25.7. The highest BCUT2D eigenvalue weighted by atomic mass is 127. The van der Waals surface area contributed by atoms with Gasteiger partial charge in [-0.1, -0.05) is 34.7 Å². The lowest BCUT2D eigenvalue weighted by atomic mass is 9.94. The van der Waals surface area contributed by atoms with Crippen LogP contribution in [-0.4, -0.2) is 5.71 Å². The lowest BCUT2D eigenvalue weighted by molar-refractivity contribution is 0.991. The fourth-order valence-corrected chi connectivity index (χ4v) is 2.65. The molecular weight excluding hydrogens is 273 g/mol. The molecule has 0 saturated carbocycles. The lowest BCUT2D eigenvalue weighted by Crippen LogP contribution is -2.19. The molecule has 68 valence electrons. The summed E-state index contributed by atoms with van der Waals surface area (Å²) in [6, 6.07) is 6.32. The van der Waals surface area contributed by atoms with Crippen LogP contribution in [0.25, 0.3) is 0 Å². The summed E-state index contributed by atoms with van der Waals surface area (Å²) in [6.45, 7) is 6.49. The van der Waals surface area contributed by atoms with Crippen molar-refractivity contribution < 1.29 is 0 Å². The number of aryl methyl sites for hydroxylation is 1. The average Bonchev–Trinajstić information content (AvgIpc) is 2.24. The molecule has 1 unspecified atom stereocenters. The number of hydrogen-bond acceptors (Lipinski definition) is 1. The Morgan fingerprint density at radius 3 is 2.62 bits per heavy atom. The summed E-state index contributed by atoms with van der Waals surface area (Å²) < 4.78 is 0.0957. The largest absolute Gasteiger partial charge is 0.256 e. The van der Waals surface area contributed by atoms with Crippen LogP contribution in [0.2, 0.25) is 0 Å². The van der Waals surface area contributed by atoms with Gasteiger partial charge in [-0.05, 0) is 32.4 Å². The predicted octanol–water partition coefficient (Wildman–Crippen LogP) is 3.75. The molecular formula is C11H12IN. The molecule has 0 fully saturated rings. The summed E-state index contributed by atoms with van der Waals surface area (Å²) in [5.74, 6) is 0. The molecule has 1 atom stereocenters. The number of benzene rings is 1. The van der Waals surface area contributed by atoms with E-state index in [1.807, 2.05) is 0 Å². The fourth-order valence-electron chi connectivity index (χ4n) is 1.82. The minimum Gasteiger partial charge on any atom is -0.256 e. The van der Waals surface area contributed by atoms with Crippen molar-refractivity contribution in [2.24, 2.45) is 4.99 Å². The van der Waals surface area contributed by atoms with E-state index in [0.29, 0.717) is 0 Å². The van der Waals surface area contributed by atoms with Gasteiger partial charge in [0.1, 0.15) is 0 Å². The van der Waals surface area contributed by atoms with Crippen LogP contribution in [0.5, 0.6) is 0 Å². The molecule has 0 spiro atoms. The second-order valence-electron chi connectivity index (χ2n) is 3.67. The maximum Gasteiger partial charge on any atom is 0.0843 e. The average molecular weight is 285 g/mol. The van der Waals surface area contributed by atoms with E-state index in [-0.39, 0.29) is 3.42 Å². The molecule has 0 aromatic heterocycles. The highest BCUT2D eigenvalue weighted by Crippen LogP contribution is 2.46. The van der Waals surface area contributed by atoms with Gasteiger partial charge in [0.2, 0.25) is 0 Å². The summed E-state index contributed by atoms with van der Waals surface area (Å²) in [4.78, 5) is 4.57. The Balaban J connectivity index is 2.72. The Morgan fingerprint density at radius 1 is 1.31 bits per heavy atom. The third-order valence-electron chi connectivity index (χ3n) is 2.69. The highest BCUT2D eigenvalue weighted by Gasteiger charge is 2.34. The number of rotatable bonds is 0. The van der Waals surface area contributed by atoms with Gasteiger partial charge in [-0.15, -0.1) is 0 Å². The molecule has 2 heteroatoms. The number of nitrogens with zero attached hydrogens (tertiary/aromatic N) is 1. The van der Waals surface area contributed by atoms with E-state index >= 15 is 0 Å². The molecule has 1 aliphatic rings. The van der Waals surface area contributed by atoms with Crippen molar-refractivity contribution in [3.8, 4) is 0 Å². The maximum absolute atomic E-state index is 4.57. The molecule has 0 bridgehead atoms. The molecule has 1 aromatic rings. The molecule has 0 radical (unpaired) electrons. The molecule has 1 aliphatic heterocycles. The maximum atomic E-state index is 4.57. The van der Waals surface area contributed by atoms with Crippen molar-refractivity contribution in [1.82, 2.24) is 0 Å². The van der Waals surface area contributed by atoms with Gasteiger partial charge in [0.25, 0.3) is 0 Å². The lowest BCUT2D eigenvalue weighted by Gasteiger charge is -2.19. The second-order valence-corrected chi connectivity index (χ2v) is 5.83. The number of halogens is 1. The van der Waals surface area contributed by atoms with Gasteiger partial charge in [-0.3, -0.25) is 4.99 Å². The van der Waals surface area contributed by atoms with Crippen molar-refractivity contribution >= 4 is 34.0 Å². The molecule has 1 aromatic carbocycles. The van der Waals surface area contributed by atoms with Crippen molar-refractivity contribution in [2.75, 3.05) is 0 Å². The Labute approximate surface area is 92.4 Å². The van der Waals surface area contributed by atoms with Crippen LogP contribution in [-0.2, 0) is 3.42 Å². The van der Waals surface area contributed by atoms with E-state index < -0.39 is 0 Å². The molecule has 0 N–H and O–H groups in total. The van der Waals surface area contributed by atoms with Crippen LogP contribution in [0.4, 0.5) is 5.69 Å². The third kappa shape index (κ3) is 1.23. The smallest absolute Gasteiger partial charge is 0.0843 e. The Kier molecular flexibility index (Phi) is 1.98. The van der Waals surface area contributed by atoms with E-state index in [9.17, 15) is 0 Å². The van der Waals surface area contributed by atoms with Gasteiger partial charge in [-0.25, -0.2) is 0 Å². The number of aliphatic imine (C=N–C) groups is 1. The number of hydrogen-bond donors (Lipinski definition) is 0. The number of fused-ring (bicyclic) bond motifs is 1. The highest BCUT2D eigenvalue weighted by molar-refractivity contribution is 14.1. The molecule has 1 nitrogen and oxygen atoms in total. The quantitative estimate of drug-likeness (QED) is 0.508. The van der Waals surface area contributed by atoms with Gasteiger partial charge in [-0.2, -0.15) is 0 Å². The summed E-state index contributed by atoms with van der Waals surface area (Å²) in [7, 11) is 0. The van der Waals surface area contributed by atoms with Crippen LogP contribution >= 0.6 is 22.6 Å². The van der Waals surface area contributed by atoms with E-state index in [2.05, 4.69) is 66.6 Å². The van der Waals surface area contributed by atoms with Crippen molar-refractivity contribution in [1.29, 1.82) is 0 Å². The Hall–Kier alpha value is -0.380. The van der Waals surface area contributed by atoms with Crippen LogP contribution < -0.4 is 0 Å². The first-order valence-corrected chi connectivity index (χ1v) is 5.46. The van der Waals surface area contributed by atoms with Crippen molar-refractivity contribution in [3.05, 3.63) is 29.3 Å². The van der Waals surface area contributed by atoms with Crippen LogP contribution in [0.15, 0.2) is 23.2 Å². The summed E-state index contributed by atoms with van der Waals surface area (Å²) in [5, 5.41) is 0. The molecule has 13 heavy (non-hydrogen) atoms. The van der Waals surface area contributed by atoms with Gasteiger partial charge >= 0.3 is 0 Å². The van der Waals surface area contributed by atoms with Gasteiger partial charge in [0, 0.05) is 11.3 Å². The second kappa shape index (κ2) is 2.80. The first kappa shape index (κ1) is 9.19. The van der Waals surface area contributed by atoms with Crippen LogP contribution in [0.1, 0.15) is 25.0 Å². The van der Waals surface area contributed by atoms with Crippen LogP contribution in [0.3, 0.4) is 0 Å². The first-order valence-electron chi connectivity index (χ1n) is 4.38. The molecule has 0 aliphatic carbocycles. The third-order valence-corrected chi connectivity index (χ3v) is 4.01. The van der Waals surface area contributed by atoms with Crippen molar-refractivity contribution in [2.45, 2.75) is 24.2 Å². The summed E-state index contributed by atoms with van der Waals surface area (Å²) in [6.07, 6.45) is 0. The minimum atomic E-state index is 0.0957. The monoisotopic (exact) mass is 285 g/mol. The SMILES string of the molecule is CC1=Nc2cccc(C)c2C1(C)I. The Morgan fingerprint density at radius 2 is 2.00 bits per heavy atom. The molecule has 2 rings (SSSR count). The summed E-state index contributed by atoms with van der Waals surface area (Å²) >= 11 is 2.48. The first-order chi connectivity index (χ1) is 6.03. The van der Waals surface area contributed by atoms with E-state index in [1.165, 1.54) is 16.8 Å². The molecule has 0 saturated heterocycles. The minimum absolute atomic E-state index is 0.0957. The molecule has 0 amide bonds. The zero-order valence-corrected chi connectivity index (χ0v) is 10.2. The predicted molar refractivity (Wildman–Crippen MR) is 65.3 cm³/mol. The van der Waals surface area contributed by atoms with Crippen molar-refractivity contribution in [3.63, 3.8) is 0 Å². The topological polar surface area (TPSA) is 12.4 Å². The van der Waals surface area contributed by atoms with E-state index in [1.54, 1.807) is 0 Å². The zero-order chi connectivity index (χ0) is 9.64. The summed E-state index contributed by atoms with van der Waals surface area (Å²) in [5.41, 5.74) is 5.08. The van der Waals surface area contributed by atoms with E-state index in [0.717, 1.165) is 5.69 Å². The fraction of sp³-hybridized carbons (Fsp3) is 0.364. The zero-order valence-electron chi connectivity index (χ0n) is 8.06. The standard InChI is InChI=1S/C11H12IN/c1-7-5-4-6-9-10(7)11(3,12)8(2)13-9/h4-6H,1-3H3. The van der Waals surface area contributed by atoms with Gasteiger partial charge in [0.05, 0.1) is 9.11 Å². The van der Waals surface area contributed by atoms with E-state index in [4.69, 9.17) is 0 Å². The molecule has 1 heterocycles. The Bertz CT molecular complexity index is 391. The van der Waals surface area contributed by atoms with Gasteiger partial charge < -0.3 is 0 Å². The number of alkyl halides is 1. The van der Waals surface area contributed by atoms with Gasteiger partial charge in [0.15, 0.2) is 0 Å².